The van der Waals surface area contributed by atoms with Crippen LogP contribution in [0.15, 0.2) is 84.9 Å². The molecule has 0 unspecified atom stereocenters. The lowest BCUT2D eigenvalue weighted by atomic mass is 9.84. The predicted octanol–water partition coefficient (Wildman–Crippen LogP) is 18.7. The van der Waals surface area contributed by atoms with Crippen LogP contribution in [0.3, 0.4) is 0 Å². The molecule has 0 heterocycles. The minimum Gasteiger partial charge on any atom is -0.434 e. The van der Waals surface area contributed by atoms with E-state index in [0.29, 0.717) is 24.7 Å². The number of ether oxygens (including phenoxy) is 4. The zero-order chi connectivity index (χ0) is 46.4. The predicted molar refractivity (Wildman–Crippen MR) is 278 cm³/mol. The Morgan fingerprint density at radius 2 is 0.667 bits per heavy atom. The van der Waals surface area contributed by atoms with Crippen LogP contribution in [0.1, 0.15) is 180 Å². The molecule has 0 atom stereocenters. The van der Waals surface area contributed by atoms with E-state index in [-0.39, 0.29) is 0 Å². The number of rotatable bonds is 29. The number of fused-ring (bicyclic) bond motifs is 4. The Morgan fingerprint density at radius 3 is 1.05 bits per heavy atom. The molecule has 0 N–H and O–H groups in total. The Bertz CT molecular complexity index is 2280. The maximum absolute atomic E-state index is 13.6. The molecule has 354 valence electrons. The standard InChI is InChI=1S/C60H78O6/c1-5-9-13-15-17-19-21-29-41-63-59(61)65-57-49-35-27-25-33-47(49)55(53-43-45(31-23-11-7-3)37-39-51(53)57)56-48-34-26-28-36-50(48)58(52-40-38-46(44-54(52)56)32-24-12-8-4)66-60(62)64-42-30-22-20-18-16-14-10-6-2/h25-28,33-40,43-44H,5-24,29-32,41-42H2,1-4H3. The first-order valence-corrected chi connectivity index (χ1v) is 26.1. The van der Waals surface area contributed by atoms with Crippen LogP contribution >= 0.6 is 0 Å². The third-order valence-corrected chi connectivity index (χ3v) is 13.3. The molecular formula is C60H78O6. The molecule has 0 amide bonds. The monoisotopic (exact) mass is 895 g/mol. The van der Waals surface area contributed by atoms with Crippen molar-refractivity contribution in [3.8, 4) is 22.6 Å². The summed E-state index contributed by atoms with van der Waals surface area (Å²) in [4.78, 5) is 27.2. The second kappa shape index (κ2) is 27.5. The molecule has 6 aromatic rings. The maximum Gasteiger partial charge on any atom is 0.513 e. The van der Waals surface area contributed by atoms with Crippen LogP contribution in [0.5, 0.6) is 11.5 Å². The highest BCUT2D eigenvalue weighted by Gasteiger charge is 2.25. The number of hydrogen-bond donors (Lipinski definition) is 0. The summed E-state index contributed by atoms with van der Waals surface area (Å²) in [6, 6.07) is 29.8. The number of hydrogen-bond acceptors (Lipinski definition) is 6. The molecule has 0 radical (unpaired) electrons. The van der Waals surface area contributed by atoms with Gasteiger partial charge in [-0.1, -0.05) is 228 Å². The smallest absolute Gasteiger partial charge is 0.434 e. The molecule has 0 fully saturated rings. The quantitative estimate of drug-likeness (QED) is 0.0202. The van der Waals surface area contributed by atoms with E-state index in [4.69, 9.17) is 18.9 Å². The second-order valence-electron chi connectivity index (χ2n) is 18.5. The Balaban J connectivity index is 1.42. The lowest BCUT2D eigenvalue weighted by Gasteiger charge is -2.22. The SMILES string of the molecule is CCCCCCCCCCOC(=O)Oc1c2ccccc2c(-c2c3ccccc3c(OC(=O)OCCCCCCCCCC)c3ccc(CCCCC)cc23)c2cc(CCCCC)ccc12. The first-order valence-electron chi connectivity index (χ1n) is 26.1. The van der Waals surface area contributed by atoms with E-state index in [1.165, 1.54) is 75.3 Å². The van der Waals surface area contributed by atoms with Gasteiger partial charge in [0, 0.05) is 21.5 Å². The van der Waals surface area contributed by atoms with Crippen LogP contribution in [0.2, 0.25) is 0 Å². The van der Waals surface area contributed by atoms with Gasteiger partial charge in [-0.3, -0.25) is 0 Å². The molecule has 0 aliphatic rings. The van der Waals surface area contributed by atoms with Crippen LogP contribution in [-0.4, -0.2) is 25.5 Å². The lowest BCUT2D eigenvalue weighted by Crippen LogP contribution is -2.12. The van der Waals surface area contributed by atoms with E-state index in [2.05, 4.69) is 100 Å². The van der Waals surface area contributed by atoms with Gasteiger partial charge in [0.2, 0.25) is 0 Å². The van der Waals surface area contributed by atoms with Crippen molar-refractivity contribution in [2.24, 2.45) is 0 Å². The fraction of sp³-hybridized carbons (Fsp3) is 0.500. The molecule has 0 spiro atoms. The molecule has 0 saturated carbocycles. The van der Waals surface area contributed by atoms with Gasteiger partial charge in [0.25, 0.3) is 0 Å². The summed E-state index contributed by atoms with van der Waals surface area (Å²) in [5, 5.41) is 7.35. The van der Waals surface area contributed by atoms with Gasteiger partial charge in [0.1, 0.15) is 11.5 Å². The second-order valence-corrected chi connectivity index (χ2v) is 18.5. The van der Waals surface area contributed by atoms with E-state index in [1.807, 2.05) is 12.1 Å². The number of aryl methyl sites for hydroxylation is 2. The van der Waals surface area contributed by atoms with Crippen LogP contribution < -0.4 is 9.47 Å². The third-order valence-electron chi connectivity index (χ3n) is 13.3. The first kappa shape index (κ1) is 50.3. The Hall–Kier alpha value is -5.10. The van der Waals surface area contributed by atoms with Gasteiger partial charge < -0.3 is 18.9 Å². The number of unbranched alkanes of at least 4 members (excludes halogenated alkanes) is 18. The largest absolute Gasteiger partial charge is 0.513 e. The van der Waals surface area contributed by atoms with Crippen molar-refractivity contribution in [1.82, 2.24) is 0 Å². The van der Waals surface area contributed by atoms with Crippen molar-refractivity contribution in [2.45, 2.75) is 182 Å². The van der Waals surface area contributed by atoms with Crippen LogP contribution in [-0.2, 0) is 22.3 Å². The van der Waals surface area contributed by atoms with Crippen LogP contribution in [0.25, 0.3) is 54.2 Å². The molecule has 0 aliphatic heterocycles. The number of benzene rings is 6. The summed E-state index contributed by atoms with van der Waals surface area (Å²) in [6.45, 7) is 9.63. The zero-order valence-electron chi connectivity index (χ0n) is 40.9. The molecule has 0 aromatic heterocycles. The lowest BCUT2D eigenvalue weighted by molar-refractivity contribution is 0.0972. The van der Waals surface area contributed by atoms with E-state index in [1.54, 1.807) is 0 Å². The maximum atomic E-state index is 13.6. The zero-order valence-corrected chi connectivity index (χ0v) is 40.9. The van der Waals surface area contributed by atoms with Crippen molar-refractivity contribution in [1.29, 1.82) is 0 Å². The average molecular weight is 895 g/mol. The molecule has 6 aromatic carbocycles. The van der Waals surface area contributed by atoms with Crippen molar-refractivity contribution < 1.29 is 28.5 Å². The minimum absolute atomic E-state index is 0.336. The average Bonchev–Trinajstić information content (AvgIpc) is 3.33. The Kier molecular flexibility index (Phi) is 21.0. The van der Waals surface area contributed by atoms with E-state index in [0.717, 1.165) is 144 Å². The summed E-state index contributed by atoms with van der Waals surface area (Å²) in [5.41, 5.74) is 4.61. The molecular weight excluding hydrogens is 817 g/mol. The van der Waals surface area contributed by atoms with E-state index in [9.17, 15) is 9.59 Å². The van der Waals surface area contributed by atoms with Gasteiger partial charge in [-0.05, 0) is 82.3 Å². The molecule has 66 heavy (non-hydrogen) atoms. The fourth-order valence-electron chi connectivity index (χ4n) is 9.61. The minimum atomic E-state index is -0.674. The van der Waals surface area contributed by atoms with Crippen molar-refractivity contribution in [3.05, 3.63) is 96.1 Å². The third kappa shape index (κ3) is 14.0. The van der Waals surface area contributed by atoms with Gasteiger partial charge in [0.15, 0.2) is 0 Å². The highest BCUT2D eigenvalue weighted by molar-refractivity contribution is 6.27. The number of carbonyl (C=O) groups excluding carboxylic acids is 2. The van der Waals surface area contributed by atoms with Gasteiger partial charge in [-0.25, -0.2) is 9.59 Å². The van der Waals surface area contributed by atoms with Crippen molar-refractivity contribution in [2.75, 3.05) is 13.2 Å². The van der Waals surface area contributed by atoms with Crippen molar-refractivity contribution in [3.63, 3.8) is 0 Å². The van der Waals surface area contributed by atoms with Crippen molar-refractivity contribution >= 4 is 55.4 Å². The topological polar surface area (TPSA) is 71.1 Å². The van der Waals surface area contributed by atoms with Gasteiger partial charge >= 0.3 is 12.3 Å². The summed E-state index contributed by atoms with van der Waals surface area (Å²) in [5.74, 6) is 1.02. The molecule has 6 rings (SSSR count). The first-order chi connectivity index (χ1) is 32.5. The summed E-state index contributed by atoms with van der Waals surface area (Å²) < 4.78 is 24.1. The van der Waals surface area contributed by atoms with Crippen LogP contribution in [0, 0.1) is 0 Å². The highest BCUT2D eigenvalue weighted by atomic mass is 16.7. The molecule has 6 heteroatoms. The molecule has 0 bridgehead atoms. The van der Waals surface area contributed by atoms with Gasteiger partial charge in [-0.2, -0.15) is 0 Å². The van der Waals surface area contributed by atoms with Gasteiger partial charge in [-0.15, -0.1) is 0 Å². The Labute approximate surface area is 396 Å². The van der Waals surface area contributed by atoms with Gasteiger partial charge in [0.05, 0.1) is 13.2 Å². The summed E-state index contributed by atoms with van der Waals surface area (Å²) in [7, 11) is 0. The summed E-state index contributed by atoms with van der Waals surface area (Å²) >= 11 is 0. The normalized spacial score (nSPS) is 11.5. The molecule has 6 nitrogen and oxygen atoms in total. The fourth-order valence-corrected chi connectivity index (χ4v) is 9.61. The summed E-state index contributed by atoms with van der Waals surface area (Å²) in [6.07, 6.45) is 26.0. The van der Waals surface area contributed by atoms with E-state index < -0.39 is 12.3 Å². The van der Waals surface area contributed by atoms with E-state index >= 15 is 0 Å². The molecule has 0 aliphatic carbocycles. The molecule has 0 saturated heterocycles. The Morgan fingerprint density at radius 1 is 0.348 bits per heavy atom. The highest BCUT2D eigenvalue weighted by Crippen LogP contribution is 2.50. The van der Waals surface area contributed by atoms with Crippen LogP contribution in [0.4, 0.5) is 9.59 Å². The number of carbonyl (C=O) groups is 2.